The molecule has 0 aliphatic rings. The lowest BCUT2D eigenvalue weighted by Crippen LogP contribution is -1.96. The molecule has 0 N–H and O–H groups in total. The molecule has 2 nitrogen and oxygen atoms in total. The number of nitrogens with zero attached hydrogens (tertiary/aromatic N) is 2. The van der Waals surface area contributed by atoms with E-state index in [2.05, 4.69) is 28.0 Å². The van der Waals surface area contributed by atoms with Crippen LogP contribution in [0.4, 0.5) is 0 Å². The minimum Gasteiger partial charge on any atom is -0.271 e. The first-order chi connectivity index (χ1) is 4.74. The average Bonchev–Trinajstić information content (AvgIpc) is 2.14. The zero-order valence-electron chi connectivity index (χ0n) is 6.26. The molecule has 0 aliphatic carbocycles. The third-order valence-corrected chi connectivity index (χ3v) is 2.12. The van der Waals surface area contributed by atoms with Crippen LogP contribution in [0.5, 0.6) is 0 Å². The molecule has 0 saturated carbocycles. The van der Waals surface area contributed by atoms with Crippen molar-refractivity contribution >= 4 is 15.9 Å². The van der Waals surface area contributed by atoms with Gasteiger partial charge in [-0.1, -0.05) is 6.92 Å². The molecule has 3 heteroatoms. The number of hydrogen-bond donors (Lipinski definition) is 0. The van der Waals surface area contributed by atoms with E-state index in [1.807, 2.05) is 17.8 Å². The van der Waals surface area contributed by atoms with Gasteiger partial charge in [-0.15, -0.1) is 0 Å². The van der Waals surface area contributed by atoms with Crippen molar-refractivity contribution in [1.29, 1.82) is 0 Å². The molecule has 1 heterocycles. The Hall–Kier alpha value is -0.310. The molecule has 0 saturated heterocycles. The molecule has 0 aliphatic heterocycles. The summed E-state index contributed by atoms with van der Waals surface area (Å²) in [5, 5.41) is 4.27. The summed E-state index contributed by atoms with van der Waals surface area (Å²) in [5.74, 6) is 0. The number of halogens is 1. The lowest BCUT2D eigenvalue weighted by Gasteiger charge is -1.93. The molecule has 0 bridgehead atoms. The van der Waals surface area contributed by atoms with Crippen molar-refractivity contribution in [2.24, 2.45) is 0 Å². The van der Waals surface area contributed by atoms with Gasteiger partial charge in [-0.3, -0.25) is 4.68 Å². The van der Waals surface area contributed by atoms with Crippen molar-refractivity contribution in [2.75, 3.05) is 0 Å². The van der Waals surface area contributed by atoms with E-state index < -0.39 is 0 Å². The maximum absolute atomic E-state index is 4.27. The van der Waals surface area contributed by atoms with Crippen LogP contribution in [0.3, 0.4) is 0 Å². The summed E-state index contributed by atoms with van der Waals surface area (Å²) in [6.07, 6.45) is 3.15. The summed E-state index contributed by atoms with van der Waals surface area (Å²) in [7, 11) is 0. The third-order valence-electron chi connectivity index (χ3n) is 1.34. The first-order valence-corrected chi connectivity index (χ1v) is 4.23. The smallest absolute Gasteiger partial charge is 0.0735 e. The van der Waals surface area contributed by atoms with E-state index in [0.29, 0.717) is 0 Å². The molecule has 0 fully saturated rings. The fourth-order valence-electron chi connectivity index (χ4n) is 0.837. The Kier molecular flexibility index (Phi) is 2.49. The van der Waals surface area contributed by atoms with E-state index >= 15 is 0 Å². The highest BCUT2D eigenvalue weighted by Gasteiger charge is 1.98. The van der Waals surface area contributed by atoms with Gasteiger partial charge in [-0.05, 0) is 29.3 Å². The van der Waals surface area contributed by atoms with E-state index in [4.69, 9.17) is 0 Å². The van der Waals surface area contributed by atoms with Gasteiger partial charge in [0.2, 0.25) is 0 Å². The number of aryl methyl sites for hydroxylation is 2. The maximum atomic E-state index is 4.27. The molecule has 0 unspecified atom stereocenters. The van der Waals surface area contributed by atoms with Gasteiger partial charge >= 0.3 is 0 Å². The quantitative estimate of drug-likeness (QED) is 0.721. The summed E-state index contributed by atoms with van der Waals surface area (Å²) in [6.45, 7) is 5.15. The van der Waals surface area contributed by atoms with Crippen LogP contribution in [0.1, 0.15) is 19.0 Å². The van der Waals surface area contributed by atoms with E-state index in [-0.39, 0.29) is 0 Å². The molecule has 1 aromatic heterocycles. The standard InChI is InChI=1S/C7H11BrN2/c1-3-4-10-5-7(8)6(2)9-10/h5H,3-4H2,1-2H3. The van der Waals surface area contributed by atoms with Gasteiger partial charge in [0, 0.05) is 12.7 Å². The first-order valence-electron chi connectivity index (χ1n) is 3.43. The van der Waals surface area contributed by atoms with E-state index in [9.17, 15) is 0 Å². The van der Waals surface area contributed by atoms with Crippen LogP contribution in [0.15, 0.2) is 10.7 Å². The highest BCUT2D eigenvalue weighted by molar-refractivity contribution is 9.10. The molecule has 0 amide bonds. The fraction of sp³-hybridized carbons (Fsp3) is 0.571. The second kappa shape index (κ2) is 3.19. The van der Waals surface area contributed by atoms with Gasteiger partial charge < -0.3 is 0 Å². The van der Waals surface area contributed by atoms with E-state index in [0.717, 1.165) is 23.1 Å². The number of rotatable bonds is 2. The van der Waals surface area contributed by atoms with Crippen LogP contribution in [0, 0.1) is 6.92 Å². The minimum absolute atomic E-state index is 1.01. The summed E-state index contributed by atoms with van der Waals surface area (Å²) in [4.78, 5) is 0. The van der Waals surface area contributed by atoms with Crippen molar-refractivity contribution < 1.29 is 0 Å². The number of hydrogen-bond acceptors (Lipinski definition) is 1. The summed E-state index contributed by atoms with van der Waals surface area (Å²) < 4.78 is 3.06. The summed E-state index contributed by atoms with van der Waals surface area (Å²) in [6, 6.07) is 0. The van der Waals surface area contributed by atoms with Gasteiger partial charge in [-0.2, -0.15) is 5.10 Å². The Bertz CT molecular complexity index is 198. The lowest BCUT2D eigenvalue weighted by atomic mass is 10.5. The summed E-state index contributed by atoms with van der Waals surface area (Å²) in [5.41, 5.74) is 1.06. The Morgan fingerprint density at radius 1 is 1.70 bits per heavy atom. The van der Waals surface area contributed by atoms with Gasteiger partial charge in [0.25, 0.3) is 0 Å². The Morgan fingerprint density at radius 3 is 2.80 bits per heavy atom. The van der Waals surface area contributed by atoms with E-state index in [1.54, 1.807) is 0 Å². The first kappa shape index (κ1) is 7.79. The SMILES string of the molecule is CCCn1cc(Br)c(C)n1. The van der Waals surface area contributed by atoms with Gasteiger partial charge in [0.05, 0.1) is 10.2 Å². The summed E-state index contributed by atoms with van der Waals surface area (Å²) >= 11 is 3.40. The molecule has 1 rings (SSSR count). The Balaban J connectivity index is 2.77. The van der Waals surface area contributed by atoms with Gasteiger partial charge in [0.1, 0.15) is 0 Å². The van der Waals surface area contributed by atoms with Gasteiger partial charge in [0.15, 0.2) is 0 Å². The van der Waals surface area contributed by atoms with E-state index in [1.165, 1.54) is 0 Å². The van der Waals surface area contributed by atoms with Crippen molar-refractivity contribution in [3.63, 3.8) is 0 Å². The van der Waals surface area contributed by atoms with Crippen molar-refractivity contribution in [1.82, 2.24) is 9.78 Å². The zero-order valence-corrected chi connectivity index (χ0v) is 7.85. The molecule has 0 atom stereocenters. The molecule has 10 heavy (non-hydrogen) atoms. The minimum atomic E-state index is 1.01. The van der Waals surface area contributed by atoms with Crippen molar-refractivity contribution in [3.8, 4) is 0 Å². The monoisotopic (exact) mass is 202 g/mol. The molecule has 1 aromatic rings. The normalized spacial score (nSPS) is 10.3. The molecule has 0 aromatic carbocycles. The molecular weight excluding hydrogens is 192 g/mol. The molecule has 56 valence electrons. The predicted molar refractivity (Wildman–Crippen MR) is 45.0 cm³/mol. The van der Waals surface area contributed by atoms with Crippen LogP contribution in [-0.2, 0) is 6.54 Å². The zero-order chi connectivity index (χ0) is 7.56. The molecule has 0 spiro atoms. The van der Waals surface area contributed by atoms with Crippen molar-refractivity contribution in [3.05, 3.63) is 16.4 Å². The second-order valence-electron chi connectivity index (χ2n) is 2.33. The van der Waals surface area contributed by atoms with Gasteiger partial charge in [-0.25, -0.2) is 0 Å². The second-order valence-corrected chi connectivity index (χ2v) is 3.18. The van der Waals surface area contributed by atoms with Crippen LogP contribution in [0.2, 0.25) is 0 Å². The maximum Gasteiger partial charge on any atom is 0.0735 e. The largest absolute Gasteiger partial charge is 0.271 e. The lowest BCUT2D eigenvalue weighted by molar-refractivity contribution is 0.598. The van der Waals surface area contributed by atoms with Crippen LogP contribution >= 0.6 is 15.9 Å². The third kappa shape index (κ3) is 1.59. The highest BCUT2D eigenvalue weighted by atomic mass is 79.9. The Labute approximate surface area is 69.4 Å². The van der Waals surface area contributed by atoms with Crippen molar-refractivity contribution in [2.45, 2.75) is 26.8 Å². The molecule has 0 radical (unpaired) electrons. The Morgan fingerprint density at radius 2 is 2.40 bits per heavy atom. The van der Waals surface area contributed by atoms with Crippen LogP contribution in [0.25, 0.3) is 0 Å². The average molecular weight is 203 g/mol. The van der Waals surface area contributed by atoms with Crippen LogP contribution in [-0.4, -0.2) is 9.78 Å². The molecular formula is C7H11BrN2. The topological polar surface area (TPSA) is 17.8 Å². The van der Waals surface area contributed by atoms with Crippen LogP contribution < -0.4 is 0 Å². The predicted octanol–water partition coefficient (Wildman–Crippen LogP) is 2.36. The number of aromatic nitrogens is 2. The highest BCUT2D eigenvalue weighted by Crippen LogP contribution is 2.12. The fourth-order valence-corrected chi connectivity index (χ4v) is 1.15.